The summed E-state index contributed by atoms with van der Waals surface area (Å²) in [7, 11) is 1.48. The first-order chi connectivity index (χ1) is 14.9. The first-order valence-corrected chi connectivity index (χ1v) is 10.7. The smallest absolute Gasteiger partial charge is 0.309 e. The van der Waals surface area contributed by atoms with Gasteiger partial charge in [0.15, 0.2) is 0 Å². The molecule has 0 amide bonds. The lowest BCUT2D eigenvalue weighted by molar-refractivity contribution is -0.163. The summed E-state index contributed by atoms with van der Waals surface area (Å²) in [6, 6.07) is 12.2. The minimum absolute atomic E-state index is 0.0715. The minimum Gasteiger partial charge on any atom is -0.496 e. The van der Waals surface area contributed by atoms with E-state index in [1.165, 1.54) is 19.2 Å². The molecule has 2 rings (SSSR count). The quantitative estimate of drug-likeness (QED) is 0.498. The van der Waals surface area contributed by atoms with Gasteiger partial charge in [0.2, 0.25) is 0 Å². The molecule has 3 atom stereocenters. The van der Waals surface area contributed by atoms with Crippen LogP contribution < -0.4 is 4.74 Å². The summed E-state index contributed by atoms with van der Waals surface area (Å²) in [5, 5.41) is 0. The van der Waals surface area contributed by atoms with Crippen LogP contribution in [-0.2, 0) is 19.1 Å². The predicted molar refractivity (Wildman–Crippen MR) is 121 cm³/mol. The van der Waals surface area contributed by atoms with Crippen LogP contribution >= 0.6 is 0 Å². The van der Waals surface area contributed by atoms with Crippen molar-refractivity contribution in [2.24, 2.45) is 5.92 Å². The van der Waals surface area contributed by atoms with Crippen LogP contribution in [0, 0.1) is 18.7 Å². The number of hydrogen-bond acceptors (Lipinski definition) is 5. The molecule has 0 saturated carbocycles. The summed E-state index contributed by atoms with van der Waals surface area (Å²) < 4.78 is 30.3. The second-order valence-corrected chi connectivity index (χ2v) is 9.11. The highest BCUT2D eigenvalue weighted by Gasteiger charge is 2.30. The molecular weight excluding hydrogens is 411 g/mol. The Hall–Kier alpha value is -2.89. The fourth-order valence-electron chi connectivity index (χ4n) is 3.50. The van der Waals surface area contributed by atoms with Gasteiger partial charge in [-0.1, -0.05) is 42.8 Å². The van der Waals surface area contributed by atoms with Crippen LogP contribution in [0.15, 0.2) is 42.5 Å². The molecule has 174 valence electrons. The fraction of sp³-hybridized carbons (Fsp3) is 0.462. The van der Waals surface area contributed by atoms with E-state index in [1.807, 2.05) is 31.2 Å². The summed E-state index contributed by atoms with van der Waals surface area (Å²) in [4.78, 5) is 24.9. The van der Waals surface area contributed by atoms with Crippen molar-refractivity contribution < 1.29 is 28.2 Å². The van der Waals surface area contributed by atoms with Crippen molar-refractivity contribution in [3.63, 3.8) is 0 Å². The largest absolute Gasteiger partial charge is 0.496 e. The molecule has 0 aromatic heterocycles. The first kappa shape index (κ1) is 25.4. The Balaban J connectivity index is 2.27. The number of aryl methyl sites for hydroxylation is 1. The highest BCUT2D eigenvalue weighted by Crippen LogP contribution is 2.36. The van der Waals surface area contributed by atoms with Gasteiger partial charge < -0.3 is 14.2 Å². The summed E-state index contributed by atoms with van der Waals surface area (Å²) in [5.74, 6) is -2.04. The molecule has 0 N–H and O–H groups in total. The van der Waals surface area contributed by atoms with Crippen LogP contribution in [0.5, 0.6) is 5.75 Å². The van der Waals surface area contributed by atoms with E-state index in [9.17, 15) is 14.0 Å². The molecule has 2 aromatic rings. The van der Waals surface area contributed by atoms with Gasteiger partial charge in [-0.25, -0.2) is 4.39 Å². The number of hydrogen-bond donors (Lipinski definition) is 0. The monoisotopic (exact) mass is 444 g/mol. The van der Waals surface area contributed by atoms with Crippen LogP contribution in [0.3, 0.4) is 0 Å². The maximum Gasteiger partial charge on any atom is 0.309 e. The summed E-state index contributed by atoms with van der Waals surface area (Å²) in [6.45, 7) is 10.7. The Morgan fingerprint density at radius 3 is 2.22 bits per heavy atom. The Morgan fingerprint density at radius 2 is 1.66 bits per heavy atom. The lowest BCUT2D eigenvalue weighted by Gasteiger charge is -2.28. The Bertz CT molecular complexity index is 930. The molecule has 0 radical (unpaired) electrons. The summed E-state index contributed by atoms with van der Waals surface area (Å²) >= 11 is 0. The zero-order valence-electron chi connectivity index (χ0n) is 19.9. The molecule has 5 nitrogen and oxygen atoms in total. The zero-order chi connectivity index (χ0) is 24.1. The van der Waals surface area contributed by atoms with E-state index in [4.69, 9.17) is 14.2 Å². The van der Waals surface area contributed by atoms with Crippen molar-refractivity contribution in [1.29, 1.82) is 0 Å². The number of methoxy groups -OCH3 is 1. The highest BCUT2D eigenvalue weighted by atomic mass is 19.1. The van der Waals surface area contributed by atoms with Gasteiger partial charge in [-0.2, -0.15) is 0 Å². The van der Waals surface area contributed by atoms with Crippen molar-refractivity contribution in [2.45, 2.75) is 65.6 Å². The highest BCUT2D eigenvalue weighted by molar-refractivity contribution is 5.80. The van der Waals surface area contributed by atoms with Gasteiger partial charge in [0.25, 0.3) is 0 Å². The first-order valence-electron chi connectivity index (χ1n) is 10.7. The van der Waals surface area contributed by atoms with Crippen LogP contribution in [0.25, 0.3) is 0 Å². The third-order valence-corrected chi connectivity index (χ3v) is 5.03. The van der Waals surface area contributed by atoms with Gasteiger partial charge in [0, 0.05) is 17.5 Å². The van der Waals surface area contributed by atoms with E-state index < -0.39 is 35.4 Å². The maximum atomic E-state index is 13.8. The summed E-state index contributed by atoms with van der Waals surface area (Å²) in [5.41, 5.74) is 2.08. The standard InChI is InChI=1S/C26H33FO5/c1-16-8-10-19(11-9-16)24(21-13-12-20(27)15-22(21)30-7)18(3)31-25(29)17(2)14-23(28)32-26(4,5)6/h8-13,15,17-18,24H,14H2,1-7H3/t17-,18+,24+/m1/s1. The van der Waals surface area contributed by atoms with Gasteiger partial charge >= 0.3 is 11.9 Å². The minimum atomic E-state index is -0.666. The maximum absolute atomic E-state index is 13.8. The molecule has 32 heavy (non-hydrogen) atoms. The second-order valence-electron chi connectivity index (χ2n) is 9.11. The lowest BCUT2D eigenvalue weighted by Crippen LogP contribution is -2.30. The normalized spacial score (nSPS) is 14.2. The molecule has 0 aliphatic carbocycles. The van der Waals surface area contributed by atoms with Crippen molar-refractivity contribution in [1.82, 2.24) is 0 Å². The van der Waals surface area contributed by atoms with Crippen LogP contribution in [0.1, 0.15) is 63.6 Å². The topological polar surface area (TPSA) is 61.8 Å². The van der Waals surface area contributed by atoms with E-state index in [1.54, 1.807) is 40.7 Å². The third-order valence-electron chi connectivity index (χ3n) is 5.03. The van der Waals surface area contributed by atoms with Crippen molar-refractivity contribution in [3.8, 4) is 5.75 Å². The molecule has 0 aliphatic rings. The SMILES string of the molecule is COc1cc(F)ccc1[C@H](c1ccc(C)cc1)[C@H](C)OC(=O)[C@H](C)CC(=O)OC(C)(C)C. The van der Waals surface area contributed by atoms with Gasteiger partial charge in [0.05, 0.1) is 19.4 Å². The number of esters is 2. The number of carbonyl (C=O) groups excluding carboxylic acids is 2. The summed E-state index contributed by atoms with van der Waals surface area (Å²) in [6.07, 6.45) is -0.664. The Labute approximate surface area is 189 Å². The predicted octanol–water partition coefficient (Wildman–Crippen LogP) is 5.57. The van der Waals surface area contributed by atoms with Crippen LogP contribution in [-0.4, -0.2) is 30.8 Å². The van der Waals surface area contributed by atoms with E-state index in [0.717, 1.165) is 11.1 Å². The number of carbonyl (C=O) groups is 2. The molecule has 0 spiro atoms. The van der Waals surface area contributed by atoms with Crippen molar-refractivity contribution in [3.05, 3.63) is 65.0 Å². The molecule has 0 bridgehead atoms. The van der Waals surface area contributed by atoms with Crippen molar-refractivity contribution in [2.75, 3.05) is 7.11 Å². The van der Waals surface area contributed by atoms with E-state index in [-0.39, 0.29) is 12.3 Å². The number of rotatable bonds is 8. The molecule has 0 unspecified atom stereocenters. The average Bonchev–Trinajstić information content (AvgIpc) is 2.69. The Morgan fingerprint density at radius 1 is 1.03 bits per heavy atom. The number of benzene rings is 2. The van der Waals surface area contributed by atoms with E-state index in [0.29, 0.717) is 11.3 Å². The van der Waals surface area contributed by atoms with Crippen LogP contribution in [0.2, 0.25) is 0 Å². The fourth-order valence-corrected chi connectivity index (χ4v) is 3.50. The molecule has 0 aliphatic heterocycles. The molecule has 0 fully saturated rings. The van der Waals surface area contributed by atoms with Gasteiger partial charge in [-0.15, -0.1) is 0 Å². The molecule has 2 aromatic carbocycles. The van der Waals surface area contributed by atoms with Gasteiger partial charge in [-0.05, 0) is 46.2 Å². The van der Waals surface area contributed by atoms with E-state index >= 15 is 0 Å². The molecule has 0 heterocycles. The Kier molecular flexibility index (Phi) is 8.42. The second kappa shape index (κ2) is 10.6. The van der Waals surface area contributed by atoms with Crippen molar-refractivity contribution >= 4 is 11.9 Å². The lowest BCUT2D eigenvalue weighted by atomic mass is 9.86. The molecular formula is C26H33FO5. The van der Waals surface area contributed by atoms with E-state index in [2.05, 4.69) is 0 Å². The van der Waals surface area contributed by atoms with Gasteiger partial charge in [0.1, 0.15) is 23.3 Å². The third kappa shape index (κ3) is 7.08. The van der Waals surface area contributed by atoms with Crippen LogP contribution in [0.4, 0.5) is 4.39 Å². The number of ether oxygens (including phenoxy) is 3. The molecule has 0 saturated heterocycles. The van der Waals surface area contributed by atoms with Gasteiger partial charge in [-0.3, -0.25) is 9.59 Å². The molecule has 6 heteroatoms. The number of halogens is 1. The zero-order valence-corrected chi connectivity index (χ0v) is 19.9. The average molecular weight is 445 g/mol.